The Kier molecular flexibility index (Phi) is 5.15. The van der Waals surface area contributed by atoms with Gasteiger partial charge in [0.1, 0.15) is 5.82 Å². The molecule has 2 aromatic rings. The van der Waals surface area contributed by atoms with Gasteiger partial charge < -0.3 is 10.2 Å². The summed E-state index contributed by atoms with van der Waals surface area (Å²) in [4.78, 5) is 18.2. The highest BCUT2D eigenvalue weighted by atomic mass is 19.4. The number of amides is 1. The molecule has 0 unspecified atom stereocenters. The summed E-state index contributed by atoms with van der Waals surface area (Å²) in [5.41, 5.74) is 1.10. The van der Waals surface area contributed by atoms with Crippen LogP contribution in [0.25, 0.3) is 0 Å². The Labute approximate surface area is 150 Å². The van der Waals surface area contributed by atoms with E-state index in [4.69, 9.17) is 0 Å². The molecule has 7 heteroatoms. The number of hydrogen-bond acceptors (Lipinski definition) is 3. The number of piperidine rings is 1. The molecule has 0 radical (unpaired) electrons. The molecule has 138 valence electrons. The lowest BCUT2D eigenvalue weighted by Crippen LogP contribution is -2.38. The summed E-state index contributed by atoms with van der Waals surface area (Å²) in [5, 5.41) is 2.93. The Balaban J connectivity index is 1.56. The maximum absolute atomic E-state index is 12.6. The highest BCUT2D eigenvalue weighted by molar-refractivity contribution is 5.92. The summed E-state index contributed by atoms with van der Waals surface area (Å²) in [7, 11) is 0. The second-order valence-electron chi connectivity index (χ2n) is 6.52. The summed E-state index contributed by atoms with van der Waals surface area (Å²) in [6, 6.07) is 10.1. The molecule has 0 atom stereocenters. The summed E-state index contributed by atoms with van der Waals surface area (Å²) in [5.74, 6) is 0.382. The van der Waals surface area contributed by atoms with Crippen molar-refractivity contribution in [2.24, 2.45) is 5.92 Å². The van der Waals surface area contributed by atoms with Crippen molar-refractivity contribution in [2.75, 3.05) is 23.3 Å². The number of alkyl halides is 3. The molecular formula is C19H20F3N3O. The Morgan fingerprint density at radius 1 is 1.19 bits per heavy atom. The van der Waals surface area contributed by atoms with Gasteiger partial charge in [-0.1, -0.05) is 12.1 Å². The van der Waals surface area contributed by atoms with E-state index in [0.717, 1.165) is 23.5 Å². The number of hydrogen-bond donors (Lipinski definition) is 1. The molecule has 0 bridgehead atoms. The van der Waals surface area contributed by atoms with Gasteiger partial charge in [0.25, 0.3) is 0 Å². The van der Waals surface area contributed by atoms with Gasteiger partial charge in [-0.25, -0.2) is 4.98 Å². The van der Waals surface area contributed by atoms with Crippen LogP contribution < -0.4 is 10.2 Å². The van der Waals surface area contributed by atoms with Crippen molar-refractivity contribution in [3.63, 3.8) is 0 Å². The average Bonchev–Trinajstić information content (AvgIpc) is 2.61. The molecule has 1 aliphatic rings. The van der Waals surface area contributed by atoms with E-state index in [2.05, 4.69) is 10.3 Å². The molecule has 3 rings (SSSR count). The fraction of sp³-hybridized carbons (Fsp3) is 0.368. The fourth-order valence-electron chi connectivity index (χ4n) is 3.08. The standard InChI is InChI=1S/C19H20F3N3O/c1-13-3-2-4-16(11-13)24-18(26)14-7-9-25(10-8-14)17-6-5-15(12-23-17)19(20,21)22/h2-6,11-12,14H,7-10H2,1H3,(H,24,26). The molecule has 0 spiro atoms. The Hall–Kier alpha value is -2.57. The number of nitrogens with one attached hydrogen (secondary N) is 1. The zero-order valence-corrected chi connectivity index (χ0v) is 14.4. The number of anilines is 2. The predicted molar refractivity (Wildman–Crippen MR) is 94.0 cm³/mol. The van der Waals surface area contributed by atoms with Gasteiger partial charge in [-0.2, -0.15) is 13.2 Å². The van der Waals surface area contributed by atoms with E-state index >= 15 is 0 Å². The van der Waals surface area contributed by atoms with Gasteiger partial charge >= 0.3 is 6.18 Å². The molecule has 4 nitrogen and oxygen atoms in total. The van der Waals surface area contributed by atoms with E-state index in [1.807, 2.05) is 36.1 Å². The second-order valence-corrected chi connectivity index (χ2v) is 6.52. The van der Waals surface area contributed by atoms with Crippen molar-refractivity contribution in [1.29, 1.82) is 0 Å². The molecule has 1 saturated heterocycles. The number of pyridine rings is 1. The smallest absolute Gasteiger partial charge is 0.357 e. The van der Waals surface area contributed by atoms with Crippen LogP contribution in [0.4, 0.5) is 24.7 Å². The van der Waals surface area contributed by atoms with Crippen LogP contribution in [-0.4, -0.2) is 24.0 Å². The van der Waals surface area contributed by atoms with Gasteiger partial charge in [-0.3, -0.25) is 4.79 Å². The SMILES string of the molecule is Cc1cccc(NC(=O)C2CCN(c3ccc(C(F)(F)F)cn3)CC2)c1. The number of carbonyl (C=O) groups is 1. The maximum Gasteiger partial charge on any atom is 0.417 e. The lowest BCUT2D eigenvalue weighted by atomic mass is 9.95. The average molecular weight is 363 g/mol. The van der Waals surface area contributed by atoms with Crippen LogP contribution in [0.15, 0.2) is 42.6 Å². The van der Waals surface area contributed by atoms with E-state index in [9.17, 15) is 18.0 Å². The van der Waals surface area contributed by atoms with Crippen molar-refractivity contribution in [3.8, 4) is 0 Å². The number of halogens is 3. The molecule has 0 saturated carbocycles. The van der Waals surface area contributed by atoms with E-state index in [0.29, 0.717) is 31.7 Å². The van der Waals surface area contributed by atoms with Gasteiger partial charge in [0.2, 0.25) is 5.91 Å². The molecule has 2 heterocycles. The fourth-order valence-corrected chi connectivity index (χ4v) is 3.08. The summed E-state index contributed by atoms with van der Waals surface area (Å²) >= 11 is 0. The number of nitrogens with zero attached hydrogens (tertiary/aromatic N) is 2. The first-order valence-corrected chi connectivity index (χ1v) is 8.48. The van der Waals surface area contributed by atoms with Crippen LogP contribution in [0.2, 0.25) is 0 Å². The van der Waals surface area contributed by atoms with Crippen molar-refractivity contribution < 1.29 is 18.0 Å². The highest BCUT2D eigenvalue weighted by Gasteiger charge is 2.31. The lowest BCUT2D eigenvalue weighted by molar-refractivity contribution is -0.137. The topological polar surface area (TPSA) is 45.2 Å². The Morgan fingerprint density at radius 3 is 2.50 bits per heavy atom. The van der Waals surface area contributed by atoms with Crippen LogP contribution in [0.1, 0.15) is 24.0 Å². The van der Waals surface area contributed by atoms with Gasteiger partial charge in [0.15, 0.2) is 0 Å². The summed E-state index contributed by atoms with van der Waals surface area (Å²) in [6.45, 7) is 3.14. The molecule has 1 fully saturated rings. The molecule has 1 aliphatic heterocycles. The highest BCUT2D eigenvalue weighted by Crippen LogP contribution is 2.30. The molecule has 0 aliphatic carbocycles. The van der Waals surface area contributed by atoms with E-state index in [1.165, 1.54) is 6.07 Å². The molecular weight excluding hydrogens is 343 g/mol. The lowest BCUT2D eigenvalue weighted by Gasteiger charge is -2.32. The van der Waals surface area contributed by atoms with Crippen molar-refractivity contribution in [2.45, 2.75) is 25.9 Å². The van der Waals surface area contributed by atoms with Gasteiger partial charge in [-0.15, -0.1) is 0 Å². The first-order chi connectivity index (χ1) is 12.3. The van der Waals surface area contributed by atoms with Crippen LogP contribution in [0.3, 0.4) is 0 Å². The van der Waals surface area contributed by atoms with E-state index in [-0.39, 0.29) is 11.8 Å². The van der Waals surface area contributed by atoms with Crippen LogP contribution in [-0.2, 0) is 11.0 Å². The third-order valence-corrected chi connectivity index (χ3v) is 4.55. The Morgan fingerprint density at radius 2 is 1.92 bits per heavy atom. The minimum Gasteiger partial charge on any atom is -0.357 e. The monoisotopic (exact) mass is 363 g/mol. The van der Waals surface area contributed by atoms with Crippen molar-refractivity contribution in [1.82, 2.24) is 4.98 Å². The maximum atomic E-state index is 12.6. The first kappa shape index (κ1) is 18.2. The second kappa shape index (κ2) is 7.35. The van der Waals surface area contributed by atoms with Gasteiger partial charge in [-0.05, 0) is 49.6 Å². The van der Waals surface area contributed by atoms with Gasteiger partial charge in [0, 0.05) is 30.9 Å². The summed E-state index contributed by atoms with van der Waals surface area (Å²) < 4.78 is 37.8. The quantitative estimate of drug-likeness (QED) is 0.886. The third-order valence-electron chi connectivity index (χ3n) is 4.55. The zero-order chi connectivity index (χ0) is 18.7. The predicted octanol–water partition coefficient (Wildman–Crippen LogP) is 4.26. The molecule has 26 heavy (non-hydrogen) atoms. The molecule has 1 amide bonds. The molecule has 1 aromatic heterocycles. The van der Waals surface area contributed by atoms with E-state index in [1.54, 1.807) is 0 Å². The molecule has 1 aromatic carbocycles. The number of aryl methyl sites for hydroxylation is 1. The molecule has 1 N–H and O–H groups in total. The van der Waals surface area contributed by atoms with E-state index < -0.39 is 11.7 Å². The number of aromatic nitrogens is 1. The number of carbonyl (C=O) groups excluding carboxylic acids is 1. The minimum absolute atomic E-state index is 0.0179. The number of benzene rings is 1. The first-order valence-electron chi connectivity index (χ1n) is 8.48. The van der Waals surface area contributed by atoms with Crippen LogP contribution in [0, 0.1) is 12.8 Å². The minimum atomic E-state index is -4.38. The Bertz CT molecular complexity index is 766. The zero-order valence-electron chi connectivity index (χ0n) is 14.4. The number of rotatable bonds is 3. The normalized spacial score (nSPS) is 15.8. The third kappa shape index (κ3) is 4.33. The van der Waals surface area contributed by atoms with Crippen LogP contribution in [0.5, 0.6) is 0 Å². The van der Waals surface area contributed by atoms with Gasteiger partial charge in [0.05, 0.1) is 5.56 Å². The summed E-state index contributed by atoms with van der Waals surface area (Å²) in [6.07, 6.45) is -2.25. The van der Waals surface area contributed by atoms with Crippen molar-refractivity contribution in [3.05, 3.63) is 53.7 Å². The van der Waals surface area contributed by atoms with Crippen LogP contribution >= 0.6 is 0 Å². The van der Waals surface area contributed by atoms with Crippen molar-refractivity contribution >= 4 is 17.4 Å². The largest absolute Gasteiger partial charge is 0.417 e.